The van der Waals surface area contributed by atoms with Crippen molar-refractivity contribution in [2.24, 2.45) is 11.8 Å². The highest BCUT2D eigenvalue weighted by atomic mass is 16.7. The van der Waals surface area contributed by atoms with Crippen molar-refractivity contribution in [3.63, 3.8) is 0 Å². The van der Waals surface area contributed by atoms with E-state index in [4.69, 9.17) is 28.4 Å². The molecule has 0 amide bonds. The lowest BCUT2D eigenvalue weighted by Gasteiger charge is -2.41. The molecule has 8 heteroatoms. The molecule has 2 heterocycles. The van der Waals surface area contributed by atoms with Crippen LogP contribution in [0.25, 0.3) is 0 Å². The summed E-state index contributed by atoms with van der Waals surface area (Å²) < 4.78 is 34.3. The molecule has 1 spiro atoms. The first-order valence-electron chi connectivity index (χ1n) is 10.7. The molecule has 4 atom stereocenters. The summed E-state index contributed by atoms with van der Waals surface area (Å²) in [6.45, 7) is 5.69. The Kier molecular flexibility index (Phi) is 4.65. The van der Waals surface area contributed by atoms with Crippen molar-refractivity contribution in [1.29, 1.82) is 0 Å². The molecule has 4 aliphatic rings. The molecule has 8 nitrogen and oxygen atoms in total. The number of hydrogen-bond donors (Lipinski definition) is 0. The van der Waals surface area contributed by atoms with Crippen molar-refractivity contribution in [1.82, 2.24) is 0 Å². The van der Waals surface area contributed by atoms with E-state index in [2.05, 4.69) is 13.8 Å². The zero-order valence-corrected chi connectivity index (χ0v) is 18.8. The van der Waals surface area contributed by atoms with Gasteiger partial charge in [-0.15, -0.1) is 0 Å². The van der Waals surface area contributed by atoms with Crippen molar-refractivity contribution in [2.45, 2.75) is 38.7 Å². The topological polar surface area (TPSA) is 89.5 Å². The van der Waals surface area contributed by atoms with Gasteiger partial charge in [0.25, 0.3) is 0 Å². The molecule has 0 radical (unpaired) electrons. The van der Waals surface area contributed by atoms with Gasteiger partial charge in [0.05, 0.1) is 14.2 Å². The Balaban J connectivity index is 1.85. The van der Waals surface area contributed by atoms with E-state index >= 15 is 0 Å². The zero-order valence-electron chi connectivity index (χ0n) is 18.8. The fraction of sp³-hybridized carbons (Fsp3) is 0.500. The zero-order chi connectivity index (χ0) is 22.8. The average molecular weight is 442 g/mol. The fourth-order valence-corrected chi connectivity index (χ4v) is 5.36. The number of methoxy groups -OCH3 is 2. The number of esters is 1. The van der Waals surface area contributed by atoms with Crippen molar-refractivity contribution >= 4 is 11.8 Å². The van der Waals surface area contributed by atoms with Crippen LogP contribution in [0.1, 0.15) is 44.4 Å². The molecular formula is C24H26O8. The lowest BCUT2D eigenvalue weighted by molar-refractivity contribution is -0.150. The molecule has 0 saturated heterocycles. The van der Waals surface area contributed by atoms with Crippen LogP contribution in [0.3, 0.4) is 0 Å². The van der Waals surface area contributed by atoms with Gasteiger partial charge in [0, 0.05) is 24.0 Å². The minimum atomic E-state index is -1.12. The molecule has 1 aromatic rings. The highest BCUT2D eigenvalue weighted by Crippen LogP contribution is 2.61. The van der Waals surface area contributed by atoms with E-state index < -0.39 is 11.5 Å². The first kappa shape index (κ1) is 20.7. The normalized spacial score (nSPS) is 29.8. The van der Waals surface area contributed by atoms with Crippen molar-refractivity contribution in [3.05, 3.63) is 40.4 Å². The monoisotopic (exact) mass is 442 g/mol. The van der Waals surface area contributed by atoms with E-state index in [0.29, 0.717) is 40.6 Å². The van der Waals surface area contributed by atoms with Gasteiger partial charge in [0.2, 0.25) is 24.1 Å². The highest BCUT2D eigenvalue weighted by molar-refractivity contribution is 6.08. The first-order chi connectivity index (χ1) is 15.3. The van der Waals surface area contributed by atoms with Crippen LogP contribution in [0.4, 0.5) is 0 Å². The van der Waals surface area contributed by atoms with E-state index in [1.54, 1.807) is 0 Å². The van der Waals surface area contributed by atoms with Crippen LogP contribution >= 0.6 is 0 Å². The smallest absolute Gasteiger partial charge is 0.303 e. The van der Waals surface area contributed by atoms with Crippen LogP contribution < -0.4 is 14.2 Å². The van der Waals surface area contributed by atoms with Gasteiger partial charge in [-0.05, 0) is 30.1 Å². The molecule has 0 saturated carbocycles. The fourth-order valence-electron chi connectivity index (χ4n) is 5.36. The second-order valence-corrected chi connectivity index (χ2v) is 8.77. The molecule has 0 bridgehead atoms. The van der Waals surface area contributed by atoms with E-state index in [1.807, 2.05) is 12.1 Å². The molecule has 1 unspecified atom stereocenters. The number of ketones is 1. The number of carbonyl (C=O) groups excluding carboxylic acids is 2. The van der Waals surface area contributed by atoms with Gasteiger partial charge in [0.15, 0.2) is 17.3 Å². The van der Waals surface area contributed by atoms with Gasteiger partial charge in [-0.1, -0.05) is 13.8 Å². The summed E-state index contributed by atoms with van der Waals surface area (Å²) in [7, 11) is 2.97. The number of benzene rings is 1. The molecule has 2 aliphatic heterocycles. The predicted octanol–water partition coefficient (Wildman–Crippen LogP) is 3.34. The SMILES string of the molecule is COC1=C(OC)C(=O)C23COc4c5c(cc(c42)[C@H](OC(C)=O)[C@@H](C)[C@@H](C)CC3=C1)OCO5. The van der Waals surface area contributed by atoms with Gasteiger partial charge in [-0.2, -0.15) is 0 Å². The van der Waals surface area contributed by atoms with Gasteiger partial charge in [0.1, 0.15) is 18.1 Å². The number of rotatable bonds is 3. The molecule has 5 rings (SSSR count). The Hall–Kier alpha value is -3.16. The van der Waals surface area contributed by atoms with E-state index in [1.165, 1.54) is 21.1 Å². The number of fused-ring (bicyclic) bond motifs is 2. The number of Topliss-reactive ketones (excluding diaryl/α,β-unsaturated/α-hetero) is 1. The molecule has 0 N–H and O–H groups in total. The predicted molar refractivity (Wildman–Crippen MR) is 111 cm³/mol. The maximum absolute atomic E-state index is 14.0. The van der Waals surface area contributed by atoms with Crippen LogP contribution in [0, 0.1) is 11.8 Å². The van der Waals surface area contributed by atoms with Gasteiger partial charge < -0.3 is 28.4 Å². The number of ether oxygens (including phenoxy) is 6. The Morgan fingerprint density at radius 1 is 1.12 bits per heavy atom. The molecule has 0 fully saturated rings. The van der Waals surface area contributed by atoms with E-state index in [9.17, 15) is 9.59 Å². The summed E-state index contributed by atoms with van der Waals surface area (Å²) in [5.74, 6) is 1.42. The summed E-state index contributed by atoms with van der Waals surface area (Å²) in [6.07, 6.45) is 1.92. The van der Waals surface area contributed by atoms with Crippen LogP contribution in [-0.4, -0.2) is 39.4 Å². The van der Waals surface area contributed by atoms with Gasteiger partial charge in [-0.25, -0.2) is 0 Å². The molecule has 2 aliphatic carbocycles. The molecule has 32 heavy (non-hydrogen) atoms. The quantitative estimate of drug-likeness (QED) is 0.659. The summed E-state index contributed by atoms with van der Waals surface area (Å²) >= 11 is 0. The largest absolute Gasteiger partial charge is 0.493 e. The molecule has 170 valence electrons. The minimum Gasteiger partial charge on any atom is -0.493 e. The Morgan fingerprint density at radius 3 is 2.59 bits per heavy atom. The van der Waals surface area contributed by atoms with Crippen LogP contribution in [-0.2, 0) is 29.2 Å². The molecule has 1 aromatic carbocycles. The Morgan fingerprint density at radius 2 is 1.91 bits per heavy atom. The Bertz CT molecular complexity index is 1080. The lowest BCUT2D eigenvalue weighted by atomic mass is 9.62. The average Bonchev–Trinajstić information content (AvgIpc) is 3.39. The van der Waals surface area contributed by atoms with Gasteiger partial charge in [-0.3, -0.25) is 9.59 Å². The van der Waals surface area contributed by atoms with Crippen LogP contribution in [0.15, 0.2) is 29.2 Å². The van der Waals surface area contributed by atoms with Crippen LogP contribution in [0.5, 0.6) is 17.2 Å². The standard InChI is InChI=1S/C24H26O8/c1-11-6-14-7-16(27-4)21(28-5)23(26)24(14)9-29-22-18(24)15(8-17-20(22)31-10-30-17)19(12(11)2)32-13(3)25/h7-8,11-12,19H,6,9-10H2,1-5H3/t11-,12-,19+,24?/m0/s1. The van der Waals surface area contributed by atoms with E-state index in [0.717, 1.165) is 5.57 Å². The van der Waals surface area contributed by atoms with Crippen molar-refractivity contribution in [2.75, 3.05) is 27.6 Å². The summed E-state index contributed by atoms with van der Waals surface area (Å²) in [6, 6.07) is 1.83. The maximum Gasteiger partial charge on any atom is 0.303 e. The van der Waals surface area contributed by atoms with E-state index in [-0.39, 0.29) is 42.7 Å². The van der Waals surface area contributed by atoms with Crippen molar-refractivity contribution < 1.29 is 38.0 Å². The third kappa shape index (κ3) is 2.61. The Labute approximate surface area is 186 Å². The third-order valence-corrected chi connectivity index (χ3v) is 7.12. The summed E-state index contributed by atoms with van der Waals surface area (Å²) in [5, 5.41) is 0. The summed E-state index contributed by atoms with van der Waals surface area (Å²) in [4.78, 5) is 26.1. The third-order valence-electron chi connectivity index (χ3n) is 7.12. The highest BCUT2D eigenvalue weighted by Gasteiger charge is 2.59. The number of carbonyl (C=O) groups is 2. The van der Waals surface area contributed by atoms with Gasteiger partial charge >= 0.3 is 5.97 Å². The molecule has 0 aromatic heterocycles. The van der Waals surface area contributed by atoms with Crippen LogP contribution in [0.2, 0.25) is 0 Å². The maximum atomic E-state index is 14.0. The second kappa shape index (κ2) is 7.18. The minimum absolute atomic E-state index is 0.0308. The van der Waals surface area contributed by atoms with Crippen molar-refractivity contribution in [3.8, 4) is 17.2 Å². The summed E-state index contributed by atoms with van der Waals surface area (Å²) in [5.41, 5.74) is 1.13. The number of allylic oxidation sites excluding steroid dienone is 2. The lowest BCUT2D eigenvalue weighted by Crippen LogP contribution is -2.46. The first-order valence-corrected chi connectivity index (χ1v) is 10.7. The molecular weight excluding hydrogens is 416 g/mol. The number of hydrogen-bond acceptors (Lipinski definition) is 8. The second-order valence-electron chi connectivity index (χ2n) is 8.77.